The van der Waals surface area contributed by atoms with Crippen LogP contribution in [0.4, 0.5) is 18.0 Å². The second kappa shape index (κ2) is 9.76. The Labute approximate surface area is 193 Å². The van der Waals surface area contributed by atoms with E-state index < -0.39 is 41.3 Å². The van der Waals surface area contributed by atoms with Gasteiger partial charge in [-0.3, -0.25) is 4.90 Å². The average Bonchev–Trinajstić information content (AvgIpc) is 2.80. The highest BCUT2D eigenvalue weighted by molar-refractivity contribution is 5.99. The van der Waals surface area contributed by atoms with Crippen molar-refractivity contribution in [2.45, 2.75) is 31.3 Å². The van der Waals surface area contributed by atoms with Crippen LogP contribution >= 0.6 is 0 Å². The fourth-order valence-electron chi connectivity index (χ4n) is 4.59. The van der Waals surface area contributed by atoms with Gasteiger partial charge < -0.3 is 20.3 Å². The summed E-state index contributed by atoms with van der Waals surface area (Å²) < 4.78 is 45.6. The van der Waals surface area contributed by atoms with Crippen LogP contribution in [0, 0.1) is 17.5 Å². The monoisotopic (exact) mass is 476 g/mol. The van der Waals surface area contributed by atoms with E-state index in [2.05, 4.69) is 5.32 Å². The number of halogens is 3. The number of carboxylic acids is 1. The number of nitrogens with zero attached hydrogens (tertiary/aromatic N) is 1. The first-order valence-corrected chi connectivity index (χ1v) is 10.8. The summed E-state index contributed by atoms with van der Waals surface area (Å²) in [6.07, 6.45) is 0.0900. The first-order chi connectivity index (χ1) is 16.3. The number of amides is 1. The molecule has 2 heterocycles. The summed E-state index contributed by atoms with van der Waals surface area (Å²) in [6.45, 7) is 0.664. The third kappa shape index (κ3) is 4.58. The number of carbonyl (C=O) groups is 2. The van der Waals surface area contributed by atoms with Crippen LogP contribution in [0.15, 0.2) is 42.0 Å². The van der Waals surface area contributed by atoms with E-state index in [0.717, 1.165) is 11.6 Å². The van der Waals surface area contributed by atoms with Gasteiger partial charge >= 0.3 is 12.1 Å². The molecule has 2 aromatic rings. The molecule has 2 aliphatic rings. The second-order valence-electron chi connectivity index (χ2n) is 8.24. The Morgan fingerprint density at radius 2 is 1.74 bits per heavy atom. The number of hydrogen-bond acceptors (Lipinski definition) is 4. The van der Waals surface area contributed by atoms with Gasteiger partial charge in [-0.15, -0.1) is 0 Å². The standard InChI is InChI=1S/C24H23F3N2O5/c25-17-7-8-18(26)22(21(17)27)34-9-1-2-13-3-5-14(6-4-13)16-10-15-11-28-12-19(20(16)23(30)31)29(15)24(32)33/h3-8,15,19,28H,1-2,9-12H2,(H,30,31)(H,32,33)/t15-,19-/m1/s1. The first kappa shape index (κ1) is 23.6. The molecule has 3 N–H and O–H groups in total. The summed E-state index contributed by atoms with van der Waals surface area (Å²) in [5, 5.41) is 22.5. The maximum atomic E-state index is 13.7. The van der Waals surface area contributed by atoms with Gasteiger partial charge in [0.05, 0.1) is 24.3 Å². The van der Waals surface area contributed by atoms with Crippen LogP contribution < -0.4 is 10.1 Å². The molecule has 1 fully saturated rings. The van der Waals surface area contributed by atoms with Gasteiger partial charge in [0.2, 0.25) is 5.82 Å². The minimum atomic E-state index is -1.36. The lowest BCUT2D eigenvalue weighted by molar-refractivity contribution is -0.133. The predicted molar refractivity (Wildman–Crippen MR) is 116 cm³/mol. The van der Waals surface area contributed by atoms with E-state index in [9.17, 15) is 33.0 Å². The summed E-state index contributed by atoms with van der Waals surface area (Å²) >= 11 is 0. The van der Waals surface area contributed by atoms with Gasteiger partial charge in [0, 0.05) is 13.1 Å². The van der Waals surface area contributed by atoms with Crippen LogP contribution in [0.25, 0.3) is 5.57 Å². The van der Waals surface area contributed by atoms with Crippen LogP contribution in [0.2, 0.25) is 0 Å². The number of piperazine rings is 1. The van der Waals surface area contributed by atoms with Gasteiger partial charge in [-0.25, -0.2) is 18.4 Å². The topological polar surface area (TPSA) is 99.1 Å². The molecule has 0 aromatic heterocycles. The largest absolute Gasteiger partial charge is 0.488 e. The van der Waals surface area contributed by atoms with Crippen molar-refractivity contribution >= 4 is 17.6 Å². The molecule has 0 radical (unpaired) electrons. The van der Waals surface area contributed by atoms with Crippen molar-refractivity contribution in [3.05, 3.63) is 70.5 Å². The van der Waals surface area contributed by atoms with Gasteiger partial charge in [-0.1, -0.05) is 24.3 Å². The number of rotatable bonds is 7. The fraction of sp³-hybridized carbons (Fsp3) is 0.333. The summed E-state index contributed by atoms with van der Waals surface area (Å²) in [6, 6.07) is 7.61. The molecule has 1 amide bonds. The van der Waals surface area contributed by atoms with Crippen molar-refractivity contribution in [3.8, 4) is 5.75 Å². The third-order valence-electron chi connectivity index (χ3n) is 6.16. The number of aliphatic carboxylic acids is 1. The van der Waals surface area contributed by atoms with Gasteiger partial charge in [-0.05, 0) is 48.1 Å². The minimum Gasteiger partial charge on any atom is -0.488 e. The fourth-order valence-corrected chi connectivity index (χ4v) is 4.59. The van der Waals surface area contributed by atoms with Crippen LogP contribution in [-0.4, -0.2) is 59.0 Å². The quantitative estimate of drug-likeness (QED) is 0.417. The number of nitrogens with one attached hydrogen (secondary N) is 1. The van der Waals surface area contributed by atoms with Crippen molar-refractivity contribution in [2.24, 2.45) is 0 Å². The maximum Gasteiger partial charge on any atom is 0.408 e. The molecule has 0 unspecified atom stereocenters. The molecule has 2 aromatic carbocycles. The molecule has 4 rings (SSSR count). The van der Waals surface area contributed by atoms with E-state index in [4.69, 9.17) is 4.74 Å². The highest BCUT2D eigenvalue weighted by atomic mass is 19.2. The van der Waals surface area contributed by atoms with E-state index >= 15 is 0 Å². The predicted octanol–water partition coefficient (Wildman–Crippen LogP) is 3.68. The minimum absolute atomic E-state index is 0.0191. The smallest absolute Gasteiger partial charge is 0.408 e. The summed E-state index contributed by atoms with van der Waals surface area (Å²) in [5.74, 6) is -5.40. The first-order valence-electron chi connectivity index (χ1n) is 10.8. The SMILES string of the molecule is O=C(O)C1=C(c2ccc(CCCOc3c(F)ccc(F)c3F)cc2)C[C@@H]2CNC[C@H]1N2C(=O)O. The van der Waals surface area contributed by atoms with E-state index in [0.29, 0.717) is 36.6 Å². The molecule has 0 aliphatic carbocycles. The molecule has 10 heteroatoms. The number of aryl methyl sites for hydroxylation is 1. The molecule has 1 saturated heterocycles. The van der Waals surface area contributed by atoms with Crippen LogP contribution in [0.3, 0.4) is 0 Å². The Balaban J connectivity index is 1.45. The summed E-state index contributed by atoms with van der Waals surface area (Å²) in [4.78, 5) is 25.0. The molecular formula is C24H23F3N2O5. The van der Waals surface area contributed by atoms with E-state index in [1.807, 2.05) is 12.1 Å². The van der Waals surface area contributed by atoms with Gasteiger partial charge in [0.1, 0.15) is 0 Å². The van der Waals surface area contributed by atoms with E-state index in [-0.39, 0.29) is 31.2 Å². The van der Waals surface area contributed by atoms with Crippen molar-refractivity contribution in [1.82, 2.24) is 10.2 Å². The third-order valence-corrected chi connectivity index (χ3v) is 6.16. The molecule has 2 bridgehead atoms. The Hall–Kier alpha value is -3.53. The van der Waals surface area contributed by atoms with E-state index in [1.165, 1.54) is 4.90 Å². The molecule has 2 aliphatic heterocycles. The lowest BCUT2D eigenvalue weighted by Crippen LogP contribution is -2.62. The van der Waals surface area contributed by atoms with Crippen molar-refractivity contribution in [1.29, 1.82) is 0 Å². The molecule has 34 heavy (non-hydrogen) atoms. The number of fused-ring (bicyclic) bond motifs is 2. The van der Waals surface area contributed by atoms with Gasteiger partial charge in [-0.2, -0.15) is 4.39 Å². The van der Waals surface area contributed by atoms with Crippen LogP contribution in [0.1, 0.15) is 24.0 Å². The zero-order valence-corrected chi connectivity index (χ0v) is 18.1. The summed E-state index contributed by atoms with van der Waals surface area (Å²) in [7, 11) is 0. The van der Waals surface area contributed by atoms with Crippen molar-refractivity contribution in [3.63, 3.8) is 0 Å². The van der Waals surface area contributed by atoms with Gasteiger partial charge in [0.15, 0.2) is 17.4 Å². The Kier molecular flexibility index (Phi) is 6.78. The molecule has 7 nitrogen and oxygen atoms in total. The number of carboxylic acid groups (broad SMARTS) is 2. The highest BCUT2D eigenvalue weighted by Gasteiger charge is 2.44. The molecular weight excluding hydrogens is 453 g/mol. The zero-order valence-electron chi connectivity index (χ0n) is 18.1. The molecule has 180 valence electrons. The Morgan fingerprint density at radius 3 is 2.41 bits per heavy atom. The van der Waals surface area contributed by atoms with Crippen molar-refractivity contribution in [2.75, 3.05) is 19.7 Å². The summed E-state index contributed by atoms with van der Waals surface area (Å²) in [5.41, 5.74) is 2.30. The number of hydrogen-bond donors (Lipinski definition) is 3. The average molecular weight is 476 g/mol. The van der Waals surface area contributed by atoms with Gasteiger partial charge in [0.25, 0.3) is 0 Å². The molecule has 0 spiro atoms. The highest BCUT2D eigenvalue weighted by Crippen LogP contribution is 2.36. The van der Waals surface area contributed by atoms with Crippen LogP contribution in [-0.2, 0) is 11.2 Å². The Morgan fingerprint density at radius 1 is 1.03 bits per heavy atom. The maximum absolute atomic E-state index is 13.7. The number of ether oxygens (including phenoxy) is 1. The second-order valence-corrected chi connectivity index (χ2v) is 8.24. The Bertz CT molecular complexity index is 1140. The zero-order chi connectivity index (χ0) is 24.4. The normalized spacial score (nSPS) is 19.8. The van der Waals surface area contributed by atoms with Crippen LogP contribution in [0.5, 0.6) is 5.75 Å². The van der Waals surface area contributed by atoms with E-state index in [1.54, 1.807) is 12.1 Å². The number of benzene rings is 2. The lowest BCUT2D eigenvalue weighted by Gasteiger charge is -2.45. The lowest BCUT2D eigenvalue weighted by atomic mass is 9.82. The molecule has 0 saturated carbocycles. The van der Waals surface area contributed by atoms with Crippen molar-refractivity contribution < 1.29 is 37.7 Å². The molecule has 2 atom stereocenters.